The van der Waals surface area contributed by atoms with Gasteiger partial charge in [-0.15, -0.1) is 24.0 Å². The lowest BCUT2D eigenvalue weighted by Gasteiger charge is -2.37. The molecule has 0 bridgehead atoms. The molecule has 154 valence electrons. The number of nitrogens with zero attached hydrogens (tertiary/aromatic N) is 5. The lowest BCUT2D eigenvalue weighted by molar-refractivity contribution is 0.362. The minimum Gasteiger partial charge on any atom is -0.368 e. The van der Waals surface area contributed by atoms with Gasteiger partial charge in [0.1, 0.15) is 0 Å². The normalized spacial score (nSPS) is 15.0. The first-order valence-electron chi connectivity index (χ1n) is 9.66. The van der Waals surface area contributed by atoms with E-state index < -0.39 is 0 Å². The van der Waals surface area contributed by atoms with Crippen molar-refractivity contribution in [3.05, 3.63) is 41.5 Å². The monoisotopic (exact) mass is 498 g/mol. The van der Waals surface area contributed by atoms with Gasteiger partial charge in [-0.1, -0.05) is 31.1 Å². The van der Waals surface area contributed by atoms with E-state index in [0.717, 1.165) is 44.5 Å². The summed E-state index contributed by atoms with van der Waals surface area (Å²) in [6.45, 7) is 10.9. The zero-order chi connectivity index (χ0) is 19.2. The fraction of sp³-hybridized carbons (Fsp3) is 0.550. The average Bonchev–Trinajstić information content (AvgIpc) is 3.15. The molecule has 0 amide bonds. The van der Waals surface area contributed by atoms with Crippen LogP contribution in [0, 0.1) is 6.92 Å². The molecule has 0 saturated carbocycles. The van der Waals surface area contributed by atoms with Crippen LogP contribution < -0.4 is 10.2 Å². The highest BCUT2D eigenvalue weighted by atomic mass is 127. The van der Waals surface area contributed by atoms with Crippen molar-refractivity contribution < 1.29 is 4.52 Å². The molecule has 2 heterocycles. The highest BCUT2D eigenvalue weighted by molar-refractivity contribution is 14.0. The Morgan fingerprint density at radius 3 is 2.61 bits per heavy atom. The topological polar surface area (TPSA) is 69.8 Å². The summed E-state index contributed by atoms with van der Waals surface area (Å²) in [4.78, 5) is 13.6. The average molecular weight is 498 g/mol. The second kappa shape index (κ2) is 10.6. The summed E-state index contributed by atoms with van der Waals surface area (Å²) in [5, 5.41) is 7.43. The van der Waals surface area contributed by atoms with Gasteiger partial charge in [0.15, 0.2) is 11.8 Å². The molecule has 0 atom stereocenters. The van der Waals surface area contributed by atoms with Gasteiger partial charge in [0.05, 0.1) is 0 Å². The molecule has 1 aliphatic heterocycles. The van der Waals surface area contributed by atoms with Gasteiger partial charge in [-0.2, -0.15) is 4.98 Å². The Hall–Kier alpha value is -1.84. The third kappa shape index (κ3) is 5.83. The highest BCUT2D eigenvalue weighted by Crippen LogP contribution is 2.17. The third-order valence-corrected chi connectivity index (χ3v) is 4.78. The van der Waals surface area contributed by atoms with Crippen LogP contribution in [0.5, 0.6) is 0 Å². The van der Waals surface area contributed by atoms with Crippen LogP contribution in [-0.2, 0) is 6.42 Å². The molecule has 1 N–H and O–H groups in total. The smallest absolute Gasteiger partial charge is 0.228 e. The lowest BCUT2D eigenvalue weighted by atomic mass is 10.2. The van der Waals surface area contributed by atoms with Crippen LogP contribution in [0.15, 0.2) is 33.8 Å². The number of aliphatic imine (C=N–C) groups is 1. The van der Waals surface area contributed by atoms with E-state index in [1.807, 2.05) is 7.05 Å². The third-order valence-electron chi connectivity index (χ3n) is 4.78. The number of anilines is 1. The van der Waals surface area contributed by atoms with Gasteiger partial charge in [0, 0.05) is 57.8 Å². The maximum atomic E-state index is 5.30. The summed E-state index contributed by atoms with van der Waals surface area (Å²) in [5.41, 5.74) is 2.60. The van der Waals surface area contributed by atoms with Gasteiger partial charge >= 0.3 is 0 Å². The van der Waals surface area contributed by atoms with Crippen molar-refractivity contribution in [3.63, 3.8) is 0 Å². The molecular formula is C20H31IN6O. The van der Waals surface area contributed by atoms with Crippen molar-refractivity contribution in [1.82, 2.24) is 20.4 Å². The quantitative estimate of drug-likeness (QED) is 0.389. The first kappa shape index (κ1) is 22.4. The molecule has 8 heteroatoms. The molecule has 0 aliphatic carbocycles. The summed E-state index contributed by atoms with van der Waals surface area (Å²) in [7, 11) is 1.83. The van der Waals surface area contributed by atoms with E-state index in [1.54, 1.807) is 0 Å². The van der Waals surface area contributed by atoms with E-state index >= 15 is 0 Å². The standard InChI is InChI=1S/C20H30N6O.HI/c1-15(2)19-23-18(27-24-19)8-9-22-20(21-4)26-12-10-25(11-13-26)17-7-5-6-16(3)14-17;/h5-7,14-15H,8-13H2,1-4H3,(H,21,22);1H. The Kier molecular flexibility index (Phi) is 8.53. The zero-order valence-corrected chi connectivity index (χ0v) is 19.5. The number of guanidine groups is 1. The Bertz CT molecular complexity index is 768. The lowest BCUT2D eigenvalue weighted by Crippen LogP contribution is -2.52. The molecule has 1 fully saturated rings. The fourth-order valence-electron chi connectivity index (χ4n) is 3.22. The molecule has 1 aromatic heterocycles. The molecule has 0 radical (unpaired) electrons. The largest absolute Gasteiger partial charge is 0.368 e. The molecule has 0 unspecified atom stereocenters. The molecular weight excluding hydrogens is 467 g/mol. The van der Waals surface area contributed by atoms with Crippen LogP contribution in [0.2, 0.25) is 0 Å². The number of nitrogens with one attached hydrogen (secondary N) is 1. The van der Waals surface area contributed by atoms with Crippen LogP contribution in [0.25, 0.3) is 0 Å². The van der Waals surface area contributed by atoms with Gasteiger partial charge in [-0.05, 0) is 24.6 Å². The summed E-state index contributed by atoms with van der Waals surface area (Å²) in [6, 6.07) is 8.70. The van der Waals surface area contributed by atoms with Crippen molar-refractivity contribution in [3.8, 4) is 0 Å². The summed E-state index contributed by atoms with van der Waals surface area (Å²) in [6.07, 6.45) is 0.696. The van der Waals surface area contributed by atoms with Gasteiger partial charge < -0.3 is 19.6 Å². The molecule has 1 saturated heterocycles. The summed E-state index contributed by atoms with van der Waals surface area (Å²) < 4.78 is 5.30. The van der Waals surface area contributed by atoms with Gasteiger partial charge in [0.25, 0.3) is 0 Å². The van der Waals surface area contributed by atoms with Crippen molar-refractivity contribution in [2.24, 2.45) is 4.99 Å². The van der Waals surface area contributed by atoms with E-state index in [0.29, 0.717) is 12.3 Å². The van der Waals surface area contributed by atoms with Gasteiger partial charge in [0.2, 0.25) is 5.89 Å². The maximum absolute atomic E-state index is 5.30. The minimum absolute atomic E-state index is 0. The van der Waals surface area contributed by atoms with Gasteiger partial charge in [-0.25, -0.2) is 0 Å². The van der Waals surface area contributed by atoms with E-state index in [2.05, 4.69) is 75.3 Å². The van der Waals surface area contributed by atoms with Crippen LogP contribution in [0.1, 0.15) is 37.0 Å². The second-order valence-electron chi connectivity index (χ2n) is 7.24. The highest BCUT2D eigenvalue weighted by Gasteiger charge is 2.20. The maximum Gasteiger partial charge on any atom is 0.228 e. The van der Waals surface area contributed by atoms with Crippen LogP contribution in [0.3, 0.4) is 0 Å². The van der Waals surface area contributed by atoms with Crippen LogP contribution in [0.4, 0.5) is 5.69 Å². The van der Waals surface area contributed by atoms with Crippen molar-refractivity contribution in [1.29, 1.82) is 0 Å². The Balaban J connectivity index is 0.00000280. The number of piperazine rings is 1. The summed E-state index contributed by atoms with van der Waals surface area (Å²) >= 11 is 0. The number of aryl methyl sites for hydroxylation is 1. The first-order valence-corrected chi connectivity index (χ1v) is 9.66. The minimum atomic E-state index is 0. The molecule has 1 aliphatic rings. The van der Waals surface area contributed by atoms with E-state index in [4.69, 9.17) is 4.52 Å². The summed E-state index contributed by atoms with van der Waals surface area (Å²) in [5.74, 6) is 2.66. The Morgan fingerprint density at radius 1 is 1.25 bits per heavy atom. The molecule has 0 spiro atoms. The molecule has 1 aromatic carbocycles. The molecule has 2 aromatic rings. The predicted molar refractivity (Wildman–Crippen MR) is 124 cm³/mol. The van der Waals surface area contributed by atoms with E-state index in [-0.39, 0.29) is 29.9 Å². The number of benzene rings is 1. The number of hydrogen-bond acceptors (Lipinski definition) is 5. The fourth-order valence-corrected chi connectivity index (χ4v) is 3.22. The number of halogens is 1. The molecule has 7 nitrogen and oxygen atoms in total. The van der Waals surface area contributed by atoms with Crippen molar-refractivity contribution >= 4 is 35.6 Å². The van der Waals surface area contributed by atoms with Gasteiger partial charge in [-0.3, -0.25) is 4.99 Å². The van der Waals surface area contributed by atoms with Crippen LogP contribution in [-0.4, -0.2) is 60.8 Å². The SMILES string of the molecule is CN=C(NCCc1nc(C(C)C)no1)N1CCN(c2cccc(C)c2)CC1.I. The zero-order valence-electron chi connectivity index (χ0n) is 17.2. The van der Waals surface area contributed by atoms with Crippen molar-refractivity contribution in [2.75, 3.05) is 44.7 Å². The number of rotatable bonds is 5. The van der Waals surface area contributed by atoms with E-state index in [1.165, 1.54) is 11.3 Å². The Labute approximate surface area is 184 Å². The van der Waals surface area contributed by atoms with Crippen molar-refractivity contribution in [2.45, 2.75) is 33.1 Å². The van der Waals surface area contributed by atoms with E-state index in [9.17, 15) is 0 Å². The molecule has 28 heavy (non-hydrogen) atoms. The predicted octanol–water partition coefficient (Wildman–Crippen LogP) is 3.06. The first-order chi connectivity index (χ1) is 13.1. The number of hydrogen-bond donors (Lipinski definition) is 1. The second-order valence-corrected chi connectivity index (χ2v) is 7.24. The Morgan fingerprint density at radius 2 is 2.00 bits per heavy atom. The molecule has 3 rings (SSSR count). The number of aromatic nitrogens is 2. The van der Waals surface area contributed by atoms with Crippen LogP contribution >= 0.6 is 24.0 Å².